The van der Waals surface area contributed by atoms with Crippen molar-refractivity contribution in [2.45, 2.75) is 58.3 Å². The third kappa shape index (κ3) is 3.46. The molecule has 3 heteroatoms. The maximum Gasteiger partial charge on any atom is 0.156 e. The lowest BCUT2D eigenvalue weighted by Gasteiger charge is -2.52. The van der Waals surface area contributed by atoms with Gasteiger partial charge in [0.05, 0.1) is 12.5 Å². The summed E-state index contributed by atoms with van der Waals surface area (Å²) < 4.78 is 5.29. The van der Waals surface area contributed by atoms with Gasteiger partial charge in [-0.15, -0.1) is 6.58 Å². The molecule has 3 nitrogen and oxygen atoms in total. The average molecular weight is 467 g/mol. The Balaban J connectivity index is 1.49. The van der Waals surface area contributed by atoms with Crippen LogP contribution in [-0.4, -0.2) is 11.6 Å². The molecule has 1 aromatic heterocycles. The van der Waals surface area contributed by atoms with E-state index in [4.69, 9.17) is 4.42 Å². The molecule has 0 saturated heterocycles. The number of fused-ring (bicyclic) bond motifs is 4. The maximum atomic E-state index is 13.0. The Morgan fingerprint density at radius 1 is 1.11 bits per heavy atom. The molecule has 0 bridgehead atoms. The zero-order chi connectivity index (χ0) is 24.3. The Kier molecular flexibility index (Phi) is 5.36. The van der Waals surface area contributed by atoms with Crippen molar-refractivity contribution >= 4 is 11.6 Å². The first kappa shape index (κ1) is 22.5. The van der Waals surface area contributed by atoms with Crippen molar-refractivity contribution in [2.75, 3.05) is 0 Å². The van der Waals surface area contributed by atoms with E-state index in [0.717, 1.165) is 43.2 Å². The van der Waals surface area contributed by atoms with Crippen LogP contribution in [0.5, 0.6) is 0 Å². The molecule has 0 amide bonds. The number of hydrogen-bond acceptors (Lipinski definition) is 3. The summed E-state index contributed by atoms with van der Waals surface area (Å²) >= 11 is 0. The Morgan fingerprint density at radius 3 is 2.60 bits per heavy atom. The molecule has 6 rings (SSSR count). The fourth-order valence-corrected chi connectivity index (χ4v) is 8.39. The molecular weight excluding hydrogens is 432 g/mol. The van der Waals surface area contributed by atoms with Crippen molar-refractivity contribution in [3.8, 4) is 11.1 Å². The van der Waals surface area contributed by atoms with Crippen LogP contribution in [0.2, 0.25) is 0 Å². The molecule has 1 aromatic carbocycles. The van der Waals surface area contributed by atoms with Gasteiger partial charge in [-0.1, -0.05) is 42.8 Å². The number of hydrogen-bond donors (Lipinski definition) is 0. The standard InChI is InChI=1S/C32H34O3/c1-4-20-16-29-27-11-9-23-15-25(34)10-12-26(23)30(27)28(17-32(29,3)31(20)19(2)33)22-7-5-21(6-8-22)24-13-14-35-18-24/h4-8,13-15,18,20,27-29,31H,1,9-12,16-17H2,2-3H3/t20-,27?,28-,29?,31+,32+/m1/s1. The smallest absolute Gasteiger partial charge is 0.156 e. The summed E-state index contributed by atoms with van der Waals surface area (Å²) in [6.07, 6.45) is 13.0. The Labute approximate surface area is 208 Å². The van der Waals surface area contributed by atoms with E-state index in [1.807, 2.05) is 18.2 Å². The lowest BCUT2D eigenvalue weighted by molar-refractivity contribution is -0.126. The van der Waals surface area contributed by atoms with Crippen molar-refractivity contribution in [1.29, 1.82) is 0 Å². The number of carbonyl (C=O) groups excluding carboxylic acids is 2. The molecule has 2 aromatic rings. The van der Waals surface area contributed by atoms with Gasteiger partial charge in [0.2, 0.25) is 0 Å². The Morgan fingerprint density at radius 2 is 1.91 bits per heavy atom. The zero-order valence-electron chi connectivity index (χ0n) is 20.8. The van der Waals surface area contributed by atoms with Gasteiger partial charge in [-0.2, -0.15) is 0 Å². The summed E-state index contributed by atoms with van der Waals surface area (Å²) in [6.45, 7) is 8.30. The number of ketones is 2. The van der Waals surface area contributed by atoms with Gasteiger partial charge in [0, 0.05) is 23.8 Å². The van der Waals surface area contributed by atoms with Crippen LogP contribution in [0.15, 0.2) is 82.7 Å². The second-order valence-corrected chi connectivity index (χ2v) is 11.4. The lowest BCUT2D eigenvalue weighted by Crippen LogP contribution is -2.45. The third-order valence-electron chi connectivity index (χ3n) is 9.74. The fourth-order valence-electron chi connectivity index (χ4n) is 8.39. The fraction of sp³-hybridized carbons (Fsp3) is 0.438. The summed E-state index contributed by atoms with van der Waals surface area (Å²) in [6, 6.07) is 10.9. The van der Waals surface area contributed by atoms with E-state index in [1.165, 1.54) is 16.7 Å². The molecule has 0 aliphatic heterocycles. The van der Waals surface area contributed by atoms with E-state index in [1.54, 1.807) is 25.0 Å². The van der Waals surface area contributed by atoms with Crippen molar-refractivity contribution in [3.05, 3.63) is 83.9 Å². The lowest BCUT2D eigenvalue weighted by atomic mass is 9.51. The number of benzene rings is 1. The molecule has 1 heterocycles. The first-order valence-electron chi connectivity index (χ1n) is 13.1. The zero-order valence-corrected chi connectivity index (χ0v) is 20.8. The van der Waals surface area contributed by atoms with E-state index in [9.17, 15) is 9.59 Å². The van der Waals surface area contributed by atoms with Crippen LogP contribution < -0.4 is 0 Å². The van der Waals surface area contributed by atoms with E-state index >= 15 is 0 Å². The number of allylic oxidation sites excluding steroid dienone is 5. The average Bonchev–Trinajstić information content (AvgIpc) is 3.49. The highest BCUT2D eigenvalue weighted by molar-refractivity contribution is 5.93. The van der Waals surface area contributed by atoms with Crippen LogP contribution in [0.3, 0.4) is 0 Å². The number of rotatable bonds is 4. The van der Waals surface area contributed by atoms with E-state index in [-0.39, 0.29) is 29.0 Å². The maximum absolute atomic E-state index is 13.0. The molecule has 35 heavy (non-hydrogen) atoms. The van der Waals surface area contributed by atoms with Gasteiger partial charge in [0.15, 0.2) is 5.78 Å². The minimum absolute atomic E-state index is 0.0362. The van der Waals surface area contributed by atoms with Crippen LogP contribution >= 0.6 is 0 Å². The van der Waals surface area contributed by atoms with Gasteiger partial charge >= 0.3 is 0 Å². The molecule has 180 valence electrons. The second-order valence-electron chi connectivity index (χ2n) is 11.4. The highest BCUT2D eigenvalue weighted by Gasteiger charge is 2.60. The largest absolute Gasteiger partial charge is 0.472 e. The van der Waals surface area contributed by atoms with Crippen molar-refractivity contribution < 1.29 is 14.0 Å². The third-order valence-corrected chi connectivity index (χ3v) is 9.74. The molecule has 4 aliphatic rings. The van der Waals surface area contributed by atoms with E-state index < -0.39 is 0 Å². The minimum Gasteiger partial charge on any atom is -0.472 e. The van der Waals surface area contributed by atoms with Crippen molar-refractivity contribution in [2.24, 2.45) is 29.1 Å². The van der Waals surface area contributed by atoms with E-state index in [2.05, 4.69) is 37.8 Å². The number of carbonyl (C=O) groups is 2. The quantitative estimate of drug-likeness (QED) is 0.439. The first-order valence-corrected chi connectivity index (χ1v) is 13.1. The van der Waals surface area contributed by atoms with Gasteiger partial charge in [-0.25, -0.2) is 0 Å². The molecule has 0 N–H and O–H groups in total. The molecule has 0 spiro atoms. The molecule has 6 atom stereocenters. The van der Waals surface area contributed by atoms with Gasteiger partial charge in [0.25, 0.3) is 0 Å². The van der Waals surface area contributed by atoms with Crippen LogP contribution in [0.4, 0.5) is 0 Å². The Bertz CT molecular complexity index is 1240. The molecule has 0 radical (unpaired) electrons. The van der Waals surface area contributed by atoms with Crippen LogP contribution in [-0.2, 0) is 9.59 Å². The van der Waals surface area contributed by atoms with Crippen LogP contribution in [0.1, 0.15) is 63.9 Å². The summed E-state index contributed by atoms with van der Waals surface area (Å²) in [5, 5.41) is 0. The van der Waals surface area contributed by atoms with E-state index in [0.29, 0.717) is 24.0 Å². The van der Waals surface area contributed by atoms with Crippen LogP contribution in [0.25, 0.3) is 11.1 Å². The van der Waals surface area contributed by atoms with Crippen molar-refractivity contribution in [1.82, 2.24) is 0 Å². The normalized spacial score (nSPS) is 34.1. The van der Waals surface area contributed by atoms with Crippen LogP contribution in [0, 0.1) is 29.1 Å². The van der Waals surface area contributed by atoms with Gasteiger partial charge in [-0.3, -0.25) is 9.59 Å². The van der Waals surface area contributed by atoms with Gasteiger partial charge < -0.3 is 4.42 Å². The molecule has 4 aliphatic carbocycles. The Hall–Kier alpha value is -2.94. The molecule has 2 saturated carbocycles. The summed E-state index contributed by atoms with van der Waals surface area (Å²) in [5.74, 6) is 2.10. The topological polar surface area (TPSA) is 47.3 Å². The monoisotopic (exact) mass is 466 g/mol. The second kappa shape index (κ2) is 8.33. The van der Waals surface area contributed by atoms with Gasteiger partial charge in [0.1, 0.15) is 5.78 Å². The summed E-state index contributed by atoms with van der Waals surface area (Å²) in [4.78, 5) is 25.3. The molecule has 2 fully saturated rings. The highest BCUT2D eigenvalue weighted by Crippen LogP contribution is 2.67. The number of furan rings is 1. The highest BCUT2D eigenvalue weighted by atomic mass is 16.3. The van der Waals surface area contributed by atoms with Gasteiger partial charge in [-0.05, 0) is 96.6 Å². The first-order chi connectivity index (χ1) is 16.9. The predicted octanol–water partition coefficient (Wildman–Crippen LogP) is 7.46. The SMILES string of the molecule is C=C[C@@H]1CC2C3CCC4=CC(=O)CCC4=C3[C@@H](c3ccc(-c4ccoc4)cc3)C[C@]2(C)[C@H]1C(C)=O. The summed E-state index contributed by atoms with van der Waals surface area (Å²) in [7, 11) is 0. The summed E-state index contributed by atoms with van der Waals surface area (Å²) in [5.41, 5.74) is 7.82. The molecular formula is C32H34O3. The predicted molar refractivity (Wildman–Crippen MR) is 138 cm³/mol. The van der Waals surface area contributed by atoms with Crippen molar-refractivity contribution in [3.63, 3.8) is 0 Å². The molecule has 2 unspecified atom stereocenters. The number of Topliss-reactive ketones (excluding diaryl/α,β-unsaturated/α-hetero) is 1. The minimum atomic E-state index is -0.0426.